The molecule has 0 saturated carbocycles. The lowest BCUT2D eigenvalue weighted by molar-refractivity contribution is -0.139. The lowest BCUT2D eigenvalue weighted by Crippen LogP contribution is -2.43. The summed E-state index contributed by atoms with van der Waals surface area (Å²) in [7, 11) is 0. The van der Waals surface area contributed by atoms with Crippen molar-refractivity contribution in [2.75, 3.05) is 11.9 Å². The summed E-state index contributed by atoms with van der Waals surface area (Å²) in [6, 6.07) is 8.28. The molecule has 7 heteroatoms. The van der Waals surface area contributed by atoms with Crippen molar-refractivity contribution in [3.8, 4) is 0 Å². The number of amides is 1. The highest BCUT2D eigenvalue weighted by molar-refractivity contribution is 7.80. The van der Waals surface area contributed by atoms with Gasteiger partial charge < -0.3 is 21.1 Å². The molecule has 0 saturated heterocycles. The van der Waals surface area contributed by atoms with E-state index < -0.39 is 12.0 Å². The number of thiocarbonyl (C=S) groups is 1. The predicted molar refractivity (Wildman–Crippen MR) is 85.1 cm³/mol. The van der Waals surface area contributed by atoms with Crippen LogP contribution in [0.4, 0.5) is 5.69 Å². The molecule has 1 amide bonds. The minimum Gasteiger partial charge on any atom is -0.480 e. The van der Waals surface area contributed by atoms with Crippen molar-refractivity contribution < 1.29 is 14.7 Å². The third-order valence-electron chi connectivity index (χ3n) is 2.67. The van der Waals surface area contributed by atoms with Gasteiger partial charge >= 0.3 is 5.97 Å². The molecule has 0 aliphatic carbocycles. The molecule has 0 aromatic heterocycles. The normalized spacial score (nSPS) is 11.3. The van der Waals surface area contributed by atoms with Crippen LogP contribution in [0.2, 0.25) is 0 Å². The zero-order valence-corrected chi connectivity index (χ0v) is 12.6. The van der Waals surface area contributed by atoms with Gasteiger partial charge in [0.1, 0.15) is 6.04 Å². The lowest BCUT2D eigenvalue weighted by Gasteiger charge is -2.17. The fourth-order valence-electron chi connectivity index (χ4n) is 1.67. The van der Waals surface area contributed by atoms with Crippen LogP contribution < -0.4 is 16.0 Å². The van der Waals surface area contributed by atoms with Crippen LogP contribution in [0.25, 0.3) is 0 Å². The molecule has 0 radical (unpaired) electrons. The number of hydrogen-bond acceptors (Lipinski definition) is 3. The number of aliphatic carboxylic acids is 1. The molecule has 0 heterocycles. The Kier molecular flexibility index (Phi) is 7.17. The van der Waals surface area contributed by atoms with E-state index in [1.807, 2.05) is 37.3 Å². The number of anilines is 1. The van der Waals surface area contributed by atoms with Crippen LogP contribution in [0, 0.1) is 0 Å². The maximum atomic E-state index is 11.4. The molecule has 0 aliphatic heterocycles. The van der Waals surface area contributed by atoms with Crippen molar-refractivity contribution in [2.24, 2.45) is 0 Å². The minimum absolute atomic E-state index is 0.131. The molecular weight excluding hydrogens is 290 g/mol. The Morgan fingerprint density at radius 2 is 1.95 bits per heavy atom. The van der Waals surface area contributed by atoms with E-state index in [9.17, 15) is 9.59 Å². The number of benzene rings is 1. The smallest absolute Gasteiger partial charge is 0.326 e. The Morgan fingerprint density at radius 1 is 1.29 bits per heavy atom. The first kappa shape index (κ1) is 16.9. The van der Waals surface area contributed by atoms with Crippen LogP contribution in [0.5, 0.6) is 0 Å². The molecule has 0 fully saturated rings. The molecule has 0 unspecified atom stereocenters. The third-order valence-corrected chi connectivity index (χ3v) is 2.89. The van der Waals surface area contributed by atoms with E-state index in [0.29, 0.717) is 6.54 Å². The van der Waals surface area contributed by atoms with E-state index in [4.69, 9.17) is 17.3 Å². The molecule has 1 aromatic carbocycles. The largest absolute Gasteiger partial charge is 0.480 e. The summed E-state index contributed by atoms with van der Waals surface area (Å²) in [5.74, 6) is -1.22. The maximum Gasteiger partial charge on any atom is 0.326 e. The Labute approximate surface area is 128 Å². The second kappa shape index (κ2) is 8.91. The van der Waals surface area contributed by atoms with E-state index in [1.165, 1.54) is 0 Å². The van der Waals surface area contributed by atoms with Crippen LogP contribution in [0.15, 0.2) is 30.3 Å². The Morgan fingerprint density at radius 3 is 2.52 bits per heavy atom. The molecule has 114 valence electrons. The van der Waals surface area contributed by atoms with E-state index >= 15 is 0 Å². The zero-order valence-electron chi connectivity index (χ0n) is 11.8. The van der Waals surface area contributed by atoms with Gasteiger partial charge in [0.15, 0.2) is 5.11 Å². The summed E-state index contributed by atoms with van der Waals surface area (Å²) >= 11 is 5.08. The number of hydrogen-bond donors (Lipinski definition) is 4. The van der Waals surface area contributed by atoms with Gasteiger partial charge in [0, 0.05) is 18.7 Å². The van der Waals surface area contributed by atoms with E-state index in [-0.39, 0.29) is 23.9 Å². The molecule has 0 aliphatic rings. The number of carboxylic acid groups (broad SMARTS) is 1. The summed E-state index contributed by atoms with van der Waals surface area (Å²) in [5.41, 5.74) is 0.767. The molecular formula is C14H19N3O3S. The van der Waals surface area contributed by atoms with Crippen molar-refractivity contribution in [1.29, 1.82) is 0 Å². The average Bonchev–Trinajstić information content (AvgIpc) is 2.44. The van der Waals surface area contributed by atoms with Crippen LogP contribution in [0.1, 0.15) is 19.8 Å². The first-order valence-corrected chi connectivity index (χ1v) is 7.05. The third kappa shape index (κ3) is 6.71. The molecule has 1 rings (SSSR count). The van der Waals surface area contributed by atoms with Crippen molar-refractivity contribution in [2.45, 2.75) is 25.8 Å². The lowest BCUT2D eigenvalue weighted by atomic mass is 10.1. The number of carbonyl (C=O) groups excluding carboxylic acids is 1. The summed E-state index contributed by atoms with van der Waals surface area (Å²) in [5, 5.41) is 17.6. The van der Waals surface area contributed by atoms with E-state index in [2.05, 4.69) is 16.0 Å². The predicted octanol–water partition coefficient (Wildman–Crippen LogP) is 1.34. The highest BCUT2D eigenvalue weighted by Gasteiger charge is 2.19. The first-order chi connectivity index (χ1) is 10.0. The SMILES string of the molecule is CCNC(=O)CC[C@H](NC(=S)Nc1ccccc1)C(=O)O. The quantitative estimate of drug-likeness (QED) is 0.568. The van der Waals surface area contributed by atoms with Gasteiger partial charge in [-0.2, -0.15) is 0 Å². The number of carbonyl (C=O) groups is 2. The Hall–Kier alpha value is -2.15. The van der Waals surface area contributed by atoms with Crippen molar-refractivity contribution in [3.05, 3.63) is 30.3 Å². The van der Waals surface area contributed by atoms with Gasteiger partial charge in [-0.3, -0.25) is 4.79 Å². The van der Waals surface area contributed by atoms with Gasteiger partial charge in [-0.1, -0.05) is 18.2 Å². The van der Waals surface area contributed by atoms with E-state index in [1.54, 1.807) is 0 Å². The van der Waals surface area contributed by atoms with E-state index in [0.717, 1.165) is 5.69 Å². The molecule has 1 atom stereocenters. The topological polar surface area (TPSA) is 90.5 Å². The Bertz CT molecular complexity index is 493. The highest BCUT2D eigenvalue weighted by atomic mass is 32.1. The van der Waals surface area contributed by atoms with Crippen molar-refractivity contribution in [3.63, 3.8) is 0 Å². The molecule has 6 nitrogen and oxygen atoms in total. The molecule has 0 spiro atoms. The van der Waals surface area contributed by atoms with Crippen molar-refractivity contribution >= 4 is 34.9 Å². The summed E-state index contributed by atoms with van der Waals surface area (Å²) in [6.07, 6.45) is 0.295. The first-order valence-electron chi connectivity index (χ1n) is 6.65. The van der Waals surface area contributed by atoms with Gasteiger partial charge in [-0.05, 0) is 37.7 Å². The van der Waals surface area contributed by atoms with Crippen molar-refractivity contribution in [1.82, 2.24) is 10.6 Å². The van der Waals surface area contributed by atoms with Gasteiger partial charge in [-0.25, -0.2) is 4.79 Å². The Balaban J connectivity index is 2.48. The van der Waals surface area contributed by atoms with Crippen LogP contribution in [-0.2, 0) is 9.59 Å². The van der Waals surface area contributed by atoms with Crippen LogP contribution >= 0.6 is 12.2 Å². The summed E-state index contributed by atoms with van der Waals surface area (Å²) in [6.45, 7) is 2.34. The van der Waals surface area contributed by atoms with Gasteiger partial charge in [0.2, 0.25) is 5.91 Å². The van der Waals surface area contributed by atoms with Crippen LogP contribution in [-0.4, -0.2) is 34.7 Å². The molecule has 21 heavy (non-hydrogen) atoms. The highest BCUT2D eigenvalue weighted by Crippen LogP contribution is 2.05. The maximum absolute atomic E-state index is 11.4. The summed E-state index contributed by atoms with van der Waals surface area (Å²) in [4.78, 5) is 22.5. The second-order valence-corrected chi connectivity index (χ2v) is 4.76. The minimum atomic E-state index is -1.04. The standard InChI is InChI=1S/C14H19N3O3S/c1-2-15-12(18)9-8-11(13(19)20)17-14(21)16-10-6-4-3-5-7-10/h3-7,11H,2,8-9H2,1H3,(H,15,18)(H,19,20)(H2,16,17,21)/t11-/m0/s1. The number of para-hydroxylation sites is 1. The molecule has 1 aromatic rings. The fraction of sp³-hybridized carbons (Fsp3) is 0.357. The molecule has 0 bridgehead atoms. The fourth-order valence-corrected chi connectivity index (χ4v) is 1.93. The van der Waals surface area contributed by atoms with Crippen LogP contribution in [0.3, 0.4) is 0 Å². The molecule has 4 N–H and O–H groups in total. The van der Waals surface area contributed by atoms with Gasteiger partial charge in [0.05, 0.1) is 0 Å². The van der Waals surface area contributed by atoms with Gasteiger partial charge in [-0.15, -0.1) is 0 Å². The monoisotopic (exact) mass is 309 g/mol. The average molecular weight is 309 g/mol. The zero-order chi connectivity index (χ0) is 15.7. The second-order valence-electron chi connectivity index (χ2n) is 4.35. The summed E-state index contributed by atoms with van der Waals surface area (Å²) < 4.78 is 0. The van der Waals surface area contributed by atoms with Gasteiger partial charge in [0.25, 0.3) is 0 Å². The number of carboxylic acids is 1. The number of rotatable bonds is 7. The number of nitrogens with one attached hydrogen (secondary N) is 3.